The highest BCUT2D eigenvalue weighted by Crippen LogP contribution is 2.23. The standard InChI is InChI=1S/C14H20N4O/c1-3-19-14-8-12(15)7-13(9-14)17-11(2)10-18-6-4-5-16-18/h4-9,11,17H,3,10,15H2,1-2H3. The minimum absolute atomic E-state index is 0.246. The maximum atomic E-state index is 5.86. The molecule has 0 saturated heterocycles. The Morgan fingerprint density at radius 1 is 1.42 bits per heavy atom. The van der Waals surface area contributed by atoms with Gasteiger partial charge in [-0.3, -0.25) is 4.68 Å². The van der Waals surface area contributed by atoms with E-state index >= 15 is 0 Å². The van der Waals surface area contributed by atoms with Gasteiger partial charge < -0.3 is 15.8 Å². The molecule has 0 aliphatic carbocycles. The Bertz CT molecular complexity index is 510. The number of nitrogen functional groups attached to an aromatic ring is 1. The molecule has 0 amide bonds. The number of nitrogens with one attached hydrogen (secondary N) is 1. The fourth-order valence-electron chi connectivity index (χ4n) is 1.97. The normalized spacial score (nSPS) is 12.1. The third-order valence-corrected chi connectivity index (χ3v) is 2.67. The van der Waals surface area contributed by atoms with Crippen LogP contribution in [0.25, 0.3) is 0 Å². The summed E-state index contributed by atoms with van der Waals surface area (Å²) in [5, 5.41) is 7.59. The van der Waals surface area contributed by atoms with Crippen molar-refractivity contribution in [2.45, 2.75) is 26.4 Å². The summed E-state index contributed by atoms with van der Waals surface area (Å²) in [5.41, 5.74) is 7.52. The van der Waals surface area contributed by atoms with E-state index in [-0.39, 0.29) is 6.04 Å². The average molecular weight is 260 g/mol. The van der Waals surface area contributed by atoms with E-state index in [0.29, 0.717) is 12.3 Å². The average Bonchev–Trinajstić information content (AvgIpc) is 2.81. The van der Waals surface area contributed by atoms with Crippen molar-refractivity contribution in [3.63, 3.8) is 0 Å². The van der Waals surface area contributed by atoms with Crippen molar-refractivity contribution in [1.29, 1.82) is 0 Å². The molecule has 0 fully saturated rings. The molecule has 1 heterocycles. The van der Waals surface area contributed by atoms with E-state index < -0.39 is 0 Å². The van der Waals surface area contributed by atoms with Crippen molar-refractivity contribution >= 4 is 11.4 Å². The first-order valence-electron chi connectivity index (χ1n) is 6.44. The smallest absolute Gasteiger partial charge is 0.123 e. The maximum Gasteiger partial charge on any atom is 0.123 e. The lowest BCUT2D eigenvalue weighted by molar-refractivity contribution is 0.340. The number of benzene rings is 1. The summed E-state index contributed by atoms with van der Waals surface area (Å²) in [6.07, 6.45) is 3.73. The van der Waals surface area contributed by atoms with E-state index in [1.807, 2.05) is 42.1 Å². The molecule has 0 saturated carbocycles. The summed E-state index contributed by atoms with van der Waals surface area (Å²) in [6, 6.07) is 7.85. The number of aromatic nitrogens is 2. The molecular weight excluding hydrogens is 240 g/mol. The minimum Gasteiger partial charge on any atom is -0.494 e. The molecule has 102 valence electrons. The Hall–Kier alpha value is -2.17. The van der Waals surface area contributed by atoms with E-state index in [1.54, 1.807) is 6.20 Å². The van der Waals surface area contributed by atoms with Crippen LogP contribution in [0.4, 0.5) is 11.4 Å². The highest BCUT2D eigenvalue weighted by atomic mass is 16.5. The highest BCUT2D eigenvalue weighted by molar-refractivity contribution is 5.59. The van der Waals surface area contributed by atoms with Crippen molar-refractivity contribution in [2.24, 2.45) is 0 Å². The van der Waals surface area contributed by atoms with Gasteiger partial charge >= 0.3 is 0 Å². The zero-order chi connectivity index (χ0) is 13.7. The van der Waals surface area contributed by atoms with Crippen LogP contribution < -0.4 is 15.8 Å². The van der Waals surface area contributed by atoms with Crippen LogP contribution in [0.15, 0.2) is 36.7 Å². The molecule has 1 aromatic heterocycles. The molecule has 5 nitrogen and oxygen atoms in total. The third kappa shape index (κ3) is 3.91. The summed E-state index contributed by atoms with van der Waals surface area (Å²) in [7, 11) is 0. The van der Waals surface area contributed by atoms with Crippen LogP contribution in [0.3, 0.4) is 0 Å². The van der Waals surface area contributed by atoms with Gasteiger partial charge in [0.1, 0.15) is 5.75 Å². The molecule has 0 aliphatic rings. The quantitative estimate of drug-likeness (QED) is 0.783. The van der Waals surface area contributed by atoms with Crippen molar-refractivity contribution in [1.82, 2.24) is 9.78 Å². The van der Waals surface area contributed by atoms with Gasteiger partial charge in [0.05, 0.1) is 13.2 Å². The van der Waals surface area contributed by atoms with Gasteiger partial charge in [0.2, 0.25) is 0 Å². The van der Waals surface area contributed by atoms with Crippen LogP contribution in [0.2, 0.25) is 0 Å². The van der Waals surface area contributed by atoms with Gasteiger partial charge in [-0.15, -0.1) is 0 Å². The monoisotopic (exact) mass is 260 g/mol. The van der Waals surface area contributed by atoms with Crippen LogP contribution >= 0.6 is 0 Å². The predicted molar refractivity (Wildman–Crippen MR) is 77.3 cm³/mol. The second-order valence-electron chi connectivity index (χ2n) is 4.50. The number of nitrogens with two attached hydrogens (primary N) is 1. The molecule has 1 aromatic carbocycles. The summed E-state index contributed by atoms with van der Waals surface area (Å²) < 4.78 is 7.37. The Morgan fingerprint density at radius 3 is 2.95 bits per heavy atom. The molecule has 19 heavy (non-hydrogen) atoms. The molecule has 2 aromatic rings. The SMILES string of the molecule is CCOc1cc(N)cc(NC(C)Cn2cccn2)c1. The fourth-order valence-corrected chi connectivity index (χ4v) is 1.97. The summed E-state index contributed by atoms with van der Waals surface area (Å²) in [5.74, 6) is 0.788. The van der Waals surface area contributed by atoms with Crippen LogP contribution in [0.1, 0.15) is 13.8 Å². The maximum absolute atomic E-state index is 5.86. The van der Waals surface area contributed by atoms with E-state index in [9.17, 15) is 0 Å². The third-order valence-electron chi connectivity index (χ3n) is 2.67. The summed E-state index contributed by atoms with van der Waals surface area (Å²) >= 11 is 0. The van der Waals surface area contributed by atoms with Crippen LogP contribution in [0.5, 0.6) is 5.75 Å². The van der Waals surface area contributed by atoms with Crippen LogP contribution in [-0.2, 0) is 6.54 Å². The number of hydrogen-bond donors (Lipinski definition) is 2. The lowest BCUT2D eigenvalue weighted by Crippen LogP contribution is -2.22. The van der Waals surface area contributed by atoms with Gasteiger partial charge in [-0.1, -0.05) is 0 Å². The molecule has 1 atom stereocenters. The van der Waals surface area contributed by atoms with Crippen LogP contribution in [-0.4, -0.2) is 22.4 Å². The first kappa shape index (κ1) is 13.3. The zero-order valence-corrected chi connectivity index (χ0v) is 11.3. The number of anilines is 2. The number of hydrogen-bond acceptors (Lipinski definition) is 4. The van der Waals surface area contributed by atoms with Gasteiger partial charge in [-0.05, 0) is 26.0 Å². The molecule has 0 radical (unpaired) electrons. The first-order valence-corrected chi connectivity index (χ1v) is 6.44. The van der Waals surface area contributed by atoms with Gasteiger partial charge in [0, 0.05) is 41.9 Å². The van der Waals surface area contributed by atoms with E-state index in [2.05, 4.69) is 17.3 Å². The van der Waals surface area contributed by atoms with E-state index in [4.69, 9.17) is 10.5 Å². The molecule has 0 aliphatic heterocycles. The zero-order valence-electron chi connectivity index (χ0n) is 11.3. The molecular formula is C14H20N4O. The van der Waals surface area contributed by atoms with Crippen molar-refractivity contribution < 1.29 is 4.74 Å². The summed E-state index contributed by atoms with van der Waals surface area (Å²) in [4.78, 5) is 0. The largest absolute Gasteiger partial charge is 0.494 e. The van der Waals surface area contributed by atoms with E-state index in [1.165, 1.54) is 0 Å². The van der Waals surface area contributed by atoms with Gasteiger partial charge in [0.15, 0.2) is 0 Å². The molecule has 0 spiro atoms. The number of ether oxygens (including phenoxy) is 1. The molecule has 0 bridgehead atoms. The van der Waals surface area contributed by atoms with Crippen molar-refractivity contribution in [3.8, 4) is 5.75 Å². The van der Waals surface area contributed by atoms with Gasteiger partial charge in [-0.25, -0.2) is 0 Å². The van der Waals surface area contributed by atoms with Crippen molar-refractivity contribution in [3.05, 3.63) is 36.7 Å². The Kier molecular flexibility index (Phi) is 4.28. The second-order valence-corrected chi connectivity index (χ2v) is 4.50. The number of nitrogens with zero attached hydrogens (tertiary/aromatic N) is 2. The first-order chi connectivity index (χ1) is 9.17. The molecule has 1 unspecified atom stereocenters. The van der Waals surface area contributed by atoms with E-state index in [0.717, 1.165) is 18.0 Å². The van der Waals surface area contributed by atoms with Crippen LogP contribution in [0, 0.1) is 0 Å². The number of rotatable bonds is 6. The molecule has 5 heteroatoms. The lowest BCUT2D eigenvalue weighted by atomic mass is 10.2. The topological polar surface area (TPSA) is 65.1 Å². The molecule has 2 rings (SSSR count). The predicted octanol–water partition coefficient (Wildman–Crippen LogP) is 2.36. The fraction of sp³-hybridized carbons (Fsp3) is 0.357. The minimum atomic E-state index is 0.246. The highest BCUT2D eigenvalue weighted by Gasteiger charge is 2.05. The lowest BCUT2D eigenvalue weighted by Gasteiger charge is -2.16. The summed E-state index contributed by atoms with van der Waals surface area (Å²) in [6.45, 7) is 5.49. The Morgan fingerprint density at radius 2 is 2.26 bits per heavy atom. The Balaban J connectivity index is 2.01. The van der Waals surface area contributed by atoms with Gasteiger partial charge in [-0.2, -0.15) is 5.10 Å². The van der Waals surface area contributed by atoms with Gasteiger partial charge in [0.25, 0.3) is 0 Å². The van der Waals surface area contributed by atoms with Crippen molar-refractivity contribution in [2.75, 3.05) is 17.7 Å². The second kappa shape index (κ2) is 6.13. The molecule has 3 N–H and O–H groups in total. The Labute approximate surface area is 113 Å².